The highest BCUT2D eigenvalue weighted by atomic mass is 32.2. The highest BCUT2D eigenvalue weighted by Crippen LogP contribution is 2.28. The van der Waals surface area contributed by atoms with Crippen molar-refractivity contribution in [3.63, 3.8) is 0 Å². The molecule has 0 radical (unpaired) electrons. The largest absolute Gasteiger partial charge is 0.383 e. The molecule has 176 valence electrons. The number of nitrogens with two attached hydrogens (primary N) is 2. The molecule has 5 N–H and O–H groups in total. The number of aromatic nitrogens is 3. The third kappa shape index (κ3) is 6.43. The molecule has 0 unspecified atom stereocenters. The molecule has 0 saturated carbocycles. The van der Waals surface area contributed by atoms with E-state index in [9.17, 15) is 19.2 Å². The van der Waals surface area contributed by atoms with Gasteiger partial charge in [-0.2, -0.15) is 0 Å². The van der Waals surface area contributed by atoms with Crippen molar-refractivity contribution in [2.45, 2.75) is 44.0 Å². The number of ether oxygens (including phenoxy) is 1. The Labute approximate surface area is 193 Å². The summed E-state index contributed by atoms with van der Waals surface area (Å²) < 4.78 is 6.95. The Morgan fingerprint density at radius 3 is 2.69 bits per heavy atom. The van der Waals surface area contributed by atoms with Crippen LogP contribution in [-0.2, 0) is 27.3 Å². The number of carbonyl (C=O) groups is 2. The first kappa shape index (κ1) is 25.6. The van der Waals surface area contributed by atoms with Crippen molar-refractivity contribution in [1.82, 2.24) is 14.5 Å². The summed E-state index contributed by atoms with van der Waals surface area (Å²) in [5.41, 5.74) is 10.7. The Bertz CT molecular complexity index is 1080. The van der Waals surface area contributed by atoms with Crippen molar-refractivity contribution in [2.24, 2.45) is 5.73 Å². The monoisotopic (exact) mass is 484 g/mol. The van der Waals surface area contributed by atoms with Crippen molar-refractivity contribution >= 4 is 46.4 Å². The van der Waals surface area contributed by atoms with Crippen LogP contribution in [0.5, 0.6) is 0 Å². The number of thioether (sulfide) groups is 1. The lowest BCUT2D eigenvalue weighted by atomic mass is 10.3. The first-order valence-electron chi connectivity index (χ1n) is 9.98. The molecule has 0 aliphatic carbocycles. The molecule has 13 heteroatoms. The number of methoxy groups -OCH3 is 1. The van der Waals surface area contributed by atoms with Crippen LogP contribution in [0.15, 0.2) is 13.9 Å². The van der Waals surface area contributed by atoms with E-state index in [1.165, 1.54) is 39.7 Å². The van der Waals surface area contributed by atoms with Crippen molar-refractivity contribution in [3.8, 4) is 0 Å². The molecule has 2 heterocycles. The molecular formula is C19H28N6O5S2. The zero-order valence-corrected chi connectivity index (χ0v) is 19.9. The van der Waals surface area contributed by atoms with Crippen molar-refractivity contribution < 1.29 is 14.3 Å². The zero-order chi connectivity index (χ0) is 23.8. The fourth-order valence-electron chi connectivity index (χ4n) is 2.91. The summed E-state index contributed by atoms with van der Waals surface area (Å²) in [5, 5.41) is 0. The minimum Gasteiger partial charge on any atom is -0.383 e. The fourth-order valence-corrected chi connectivity index (χ4v) is 5.03. The molecule has 2 rings (SSSR count). The van der Waals surface area contributed by atoms with Crippen LogP contribution in [0.2, 0.25) is 0 Å². The van der Waals surface area contributed by atoms with Crippen LogP contribution in [0.4, 0.5) is 11.5 Å². The van der Waals surface area contributed by atoms with Gasteiger partial charge >= 0.3 is 5.69 Å². The summed E-state index contributed by atoms with van der Waals surface area (Å²) in [6.45, 7) is 4.31. The Morgan fingerprint density at radius 2 is 2.06 bits per heavy atom. The maximum atomic E-state index is 13.1. The molecule has 11 nitrogen and oxygen atoms in total. The van der Waals surface area contributed by atoms with Crippen molar-refractivity contribution in [3.05, 3.63) is 31.4 Å². The van der Waals surface area contributed by atoms with E-state index in [1.54, 1.807) is 6.92 Å². The molecule has 2 aromatic rings. The number of nitrogens with one attached hydrogen (secondary N) is 1. The number of hydrogen-bond donors (Lipinski definition) is 3. The molecule has 32 heavy (non-hydrogen) atoms. The number of nitrogen functional groups attached to an aromatic ring is 1. The Balaban J connectivity index is 2.30. The number of nitrogens with zero attached hydrogens (tertiary/aromatic N) is 3. The van der Waals surface area contributed by atoms with Crippen molar-refractivity contribution in [1.29, 1.82) is 0 Å². The predicted octanol–water partition coefficient (Wildman–Crippen LogP) is 0.483. The van der Waals surface area contributed by atoms with E-state index >= 15 is 0 Å². The van der Waals surface area contributed by atoms with Gasteiger partial charge in [0.15, 0.2) is 10.0 Å². The highest BCUT2D eigenvalue weighted by molar-refractivity contribution is 8.01. The van der Waals surface area contributed by atoms with Gasteiger partial charge in [-0.1, -0.05) is 25.1 Å². The maximum absolute atomic E-state index is 13.1. The molecular weight excluding hydrogens is 456 g/mol. The number of aromatic amines is 1. The molecule has 0 aromatic carbocycles. The van der Waals surface area contributed by atoms with Crippen LogP contribution in [0.1, 0.15) is 30.3 Å². The molecule has 0 bridgehead atoms. The number of amides is 2. The first-order chi connectivity index (χ1) is 15.2. The van der Waals surface area contributed by atoms with Gasteiger partial charge in [0.2, 0.25) is 11.8 Å². The summed E-state index contributed by atoms with van der Waals surface area (Å²) in [6.07, 6.45) is 1.60. The smallest absolute Gasteiger partial charge is 0.330 e. The minimum absolute atomic E-state index is 0.0281. The maximum Gasteiger partial charge on any atom is 0.330 e. The van der Waals surface area contributed by atoms with E-state index in [2.05, 4.69) is 9.97 Å². The van der Waals surface area contributed by atoms with E-state index in [-0.39, 0.29) is 36.8 Å². The van der Waals surface area contributed by atoms with E-state index in [0.29, 0.717) is 23.0 Å². The predicted molar refractivity (Wildman–Crippen MR) is 125 cm³/mol. The molecule has 0 atom stereocenters. The second-order valence-electron chi connectivity index (χ2n) is 6.96. The average Bonchev–Trinajstić information content (AvgIpc) is 3.06. The number of unbranched alkanes of at least 4 members (excludes halogenated alkanes) is 1. The third-order valence-electron chi connectivity index (χ3n) is 4.57. The van der Waals surface area contributed by atoms with E-state index < -0.39 is 23.1 Å². The van der Waals surface area contributed by atoms with Crippen molar-refractivity contribution in [2.75, 3.05) is 36.6 Å². The normalized spacial score (nSPS) is 11.0. The lowest BCUT2D eigenvalue weighted by Gasteiger charge is -2.24. The fraction of sp³-hybridized carbons (Fsp3) is 0.526. The summed E-state index contributed by atoms with van der Waals surface area (Å²) in [4.78, 5) is 57.6. The van der Waals surface area contributed by atoms with E-state index in [0.717, 1.165) is 11.3 Å². The van der Waals surface area contributed by atoms with Crippen LogP contribution in [0.25, 0.3) is 0 Å². The zero-order valence-electron chi connectivity index (χ0n) is 18.3. The van der Waals surface area contributed by atoms with Gasteiger partial charge in [0.05, 0.1) is 24.5 Å². The van der Waals surface area contributed by atoms with Crippen LogP contribution in [0, 0.1) is 6.92 Å². The second-order valence-corrected chi connectivity index (χ2v) is 9.26. The number of aryl methyl sites for hydroxylation is 1. The van der Waals surface area contributed by atoms with Gasteiger partial charge in [-0.3, -0.25) is 23.9 Å². The summed E-state index contributed by atoms with van der Waals surface area (Å²) in [6, 6.07) is 0. The van der Waals surface area contributed by atoms with Gasteiger partial charge in [-0.15, -0.1) is 11.3 Å². The van der Waals surface area contributed by atoms with Gasteiger partial charge in [-0.25, -0.2) is 9.78 Å². The highest BCUT2D eigenvalue weighted by Gasteiger charge is 2.24. The average molecular weight is 485 g/mol. The lowest BCUT2D eigenvalue weighted by Crippen LogP contribution is -2.43. The van der Waals surface area contributed by atoms with Gasteiger partial charge in [0.25, 0.3) is 5.56 Å². The van der Waals surface area contributed by atoms with Gasteiger partial charge in [0.1, 0.15) is 5.82 Å². The number of anilines is 2. The summed E-state index contributed by atoms with van der Waals surface area (Å²) >= 11 is 2.47. The number of thiazole rings is 1. The first-order valence-corrected chi connectivity index (χ1v) is 11.8. The molecule has 0 aliphatic heterocycles. The summed E-state index contributed by atoms with van der Waals surface area (Å²) in [7, 11) is 1.48. The van der Waals surface area contributed by atoms with Gasteiger partial charge in [0, 0.05) is 25.1 Å². The molecule has 2 aromatic heterocycles. The van der Waals surface area contributed by atoms with E-state index in [4.69, 9.17) is 16.2 Å². The molecule has 0 aliphatic rings. The number of primary amides is 1. The number of carbonyl (C=O) groups excluding carboxylic acids is 2. The summed E-state index contributed by atoms with van der Waals surface area (Å²) in [5.74, 6) is -0.938. The molecule has 0 fully saturated rings. The Morgan fingerprint density at radius 1 is 1.34 bits per heavy atom. The second kappa shape index (κ2) is 11.8. The molecule has 0 saturated heterocycles. The van der Waals surface area contributed by atoms with Crippen LogP contribution < -0.4 is 27.6 Å². The van der Waals surface area contributed by atoms with E-state index in [1.807, 2.05) is 6.92 Å². The quantitative estimate of drug-likeness (QED) is 0.366. The number of hydrogen-bond acceptors (Lipinski definition) is 9. The van der Waals surface area contributed by atoms with Crippen LogP contribution >= 0.6 is 23.1 Å². The standard InChI is InChI=1S/C19H28N6O5S2/c1-4-5-6-25-16(21)15(17(28)23-18(25)29)24(7-8-30-3)14(27)10-31-19-22-11(2)12(32-19)9-13(20)26/h4-10,21H2,1-3H3,(H2,20,26)(H,23,28,29). The molecule has 2 amide bonds. The Hall–Kier alpha value is -2.64. The topological polar surface area (TPSA) is 166 Å². The SMILES string of the molecule is CCCCn1c(N)c(N(CCOC)C(=O)CSc2nc(C)c(CC(N)=O)s2)c(=O)[nH]c1=O. The van der Waals surface area contributed by atoms with Gasteiger partial charge in [-0.05, 0) is 13.3 Å². The number of H-pyrrole nitrogens is 1. The third-order valence-corrected chi connectivity index (χ3v) is 6.85. The Kier molecular flexibility index (Phi) is 9.47. The lowest BCUT2D eigenvalue weighted by molar-refractivity contribution is -0.117. The van der Waals surface area contributed by atoms with Crippen LogP contribution in [0.3, 0.4) is 0 Å². The number of rotatable bonds is 12. The van der Waals surface area contributed by atoms with Gasteiger partial charge < -0.3 is 21.1 Å². The molecule has 0 spiro atoms. The minimum atomic E-state index is -0.733. The van der Waals surface area contributed by atoms with Crippen LogP contribution in [-0.4, -0.2) is 52.4 Å².